The normalized spacial score (nSPS) is 9.38. The fraction of sp³-hybridized carbons (Fsp3) is 0.143. The third-order valence-electron chi connectivity index (χ3n) is 1.27. The van der Waals surface area contributed by atoms with Gasteiger partial charge in [0.1, 0.15) is 4.88 Å². The van der Waals surface area contributed by atoms with Crippen LogP contribution in [0.2, 0.25) is 0 Å². The van der Waals surface area contributed by atoms with E-state index in [1.54, 1.807) is 5.38 Å². The first-order chi connectivity index (χ1) is 6.15. The molecule has 0 atom stereocenters. The molecule has 0 fully saturated rings. The van der Waals surface area contributed by atoms with Crippen molar-refractivity contribution in [3.63, 3.8) is 0 Å². The molecule has 70 valence electrons. The minimum atomic E-state index is -1.71. The fourth-order valence-electron chi connectivity index (χ4n) is 0.764. The summed E-state index contributed by atoms with van der Waals surface area (Å²) in [7, 11) is 1.21. The second kappa shape index (κ2) is 3.99. The van der Waals surface area contributed by atoms with E-state index in [1.165, 1.54) is 13.2 Å². The molecule has 4 nitrogen and oxygen atoms in total. The zero-order chi connectivity index (χ0) is 9.84. The first-order valence-electron chi connectivity index (χ1n) is 3.27. The predicted octanol–water partition coefficient (Wildman–Crippen LogP) is 2.04. The van der Waals surface area contributed by atoms with Gasteiger partial charge >= 0.3 is 12.1 Å². The summed E-state index contributed by atoms with van der Waals surface area (Å²) in [6.07, 6.45) is -1.71. The van der Waals surface area contributed by atoms with E-state index in [-0.39, 0.29) is 10.6 Å². The molecule has 1 N–H and O–H groups in total. The number of carbonyl (C=O) groups excluding carboxylic acids is 2. The SMILES string of the molecule is COC(=O)c1sccc1NC(=O)F. The Labute approximate surface area is 77.3 Å². The summed E-state index contributed by atoms with van der Waals surface area (Å²) in [5.41, 5.74) is 0.129. The maximum Gasteiger partial charge on any atom is 0.401 e. The number of anilines is 1. The van der Waals surface area contributed by atoms with E-state index in [1.807, 2.05) is 5.32 Å². The minimum absolute atomic E-state index is 0.129. The standard InChI is InChI=1S/C7H6FNO3S/c1-12-6(10)5-4(2-3-13-5)9-7(8)11/h2-3H,1H3,(H,9,11). The lowest BCUT2D eigenvalue weighted by Gasteiger charge is -1.99. The number of thiophene rings is 1. The third-order valence-corrected chi connectivity index (χ3v) is 2.16. The Hall–Kier alpha value is -1.43. The Bertz CT molecular complexity index is 336. The number of rotatable bonds is 2. The summed E-state index contributed by atoms with van der Waals surface area (Å²) in [6.45, 7) is 0. The molecule has 0 aromatic carbocycles. The van der Waals surface area contributed by atoms with Gasteiger partial charge in [0.05, 0.1) is 12.8 Å². The number of carbonyl (C=O) groups is 2. The fourth-order valence-corrected chi connectivity index (χ4v) is 1.53. The van der Waals surface area contributed by atoms with Crippen LogP contribution in [0.15, 0.2) is 11.4 Å². The van der Waals surface area contributed by atoms with Gasteiger partial charge in [0.2, 0.25) is 0 Å². The van der Waals surface area contributed by atoms with Gasteiger partial charge in [-0.15, -0.1) is 15.7 Å². The highest BCUT2D eigenvalue weighted by Gasteiger charge is 2.14. The van der Waals surface area contributed by atoms with Crippen LogP contribution in [0, 0.1) is 0 Å². The number of esters is 1. The molecule has 1 aromatic rings. The van der Waals surface area contributed by atoms with Crippen molar-refractivity contribution in [2.45, 2.75) is 0 Å². The number of nitrogens with one attached hydrogen (secondary N) is 1. The predicted molar refractivity (Wildman–Crippen MR) is 45.8 cm³/mol. The molecule has 1 aromatic heterocycles. The molecule has 1 amide bonds. The zero-order valence-corrected chi connectivity index (χ0v) is 7.48. The molecule has 0 saturated carbocycles. The van der Waals surface area contributed by atoms with Crippen molar-refractivity contribution in [3.8, 4) is 0 Å². The zero-order valence-electron chi connectivity index (χ0n) is 6.67. The van der Waals surface area contributed by atoms with Gasteiger partial charge in [0.15, 0.2) is 0 Å². The summed E-state index contributed by atoms with van der Waals surface area (Å²) < 4.78 is 16.3. The van der Waals surface area contributed by atoms with Crippen molar-refractivity contribution in [1.29, 1.82) is 0 Å². The van der Waals surface area contributed by atoms with Gasteiger partial charge in [-0.2, -0.15) is 0 Å². The molecular weight excluding hydrogens is 197 g/mol. The number of methoxy groups -OCH3 is 1. The van der Waals surface area contributed by atoms with Crippen LogP contribution in [-0.4, -0.2) is 19.2 Å². The molecule has 0 saturated heterocycles. The number of ether oxygens (including phenoxy) is 1. The van der Waals surface area contributed by atoms with Gasteiger partial charge < -0.3 is 4.74 Å². The van der Waals surface area contributed by atoms with E-state index in [9.17, 15) is 14.0 Å². The molecule has 0 aliphatic rings. The van der Waals surface area contributed by atoms with Crippen molar-refractivity contribution < 1.29 is 18.7 Å². The first-order valence-corrected chi connectivity index (χ1v) is 4.15. The Morgan fingerprint density at radius 1 is 1.62 bits per heavy atom. The van der Waals surface area contributed by atoms with Gasteiger partial charge in [-0.05, 0) is 11.4 Å². The summed E-state index contributed by atoms with van der Waals surface area (Å²) in [5, 5.41) is 3.43. The summed E-state index contributed by atoms with van der Waals surface area (Å²) in [4.78, 5) is 21.2. The molecule has 0 radical (unpaired) electrons. The van der Waals surface area contributed by atoms with Crippen LogP contribution >= 0.6 is 11.3 Å². The molecule has 0 bridgehead atoms. The second-order valence-corrected chi connectivity index (χ2v) is 2.97. The van der Waals surface area contributed by atoms with Crippen LogP contribution < -0.4 is 5.32 Å². The van der Waals surface area contributed by atoms with Crippen molar-refractivity contribution in [2.24, 2.45) is 0 Å². The second-order valence-electron chi connectivity index (χ2n) is 2.05. The van der Waals surface area contributed by atoms with Gasteiger partial charge in [-0.1, -0.05) is 0 Å². The Morgan fingerprint density at radius 3 is 2.85 bits per heavy atom. The maximum absolute atomic E-state index is 11.9. The molecule has 6 heteroatoms. The summed E-state index contributed by atoms with van der Waals surface area (Å²) in [6, 6.07) is 1.42. The lowest BCUT2D eigenvalue weighted by molar-refractivity contribution is 0.0607. The lowest BCUT2D eigenvalue weighted by Crippen LogP contribution is -2.07. The molecule has 0 unspecified atom stereocenters. The van der Waals surface area contributed by atoms with Crippen LogP contribution in [0.4, 0.5) is 14.9 Å². The van der Waals surface area contributed by atoms with Crippen molar-refractivity contribution >= 4 is 29.2 Å². The molecule has 0 spiro atoms. The van der Waals surface area contributed by atoms with E-state index in [0.29, 0.717) is 0 Å². The van der Waals surface area contributed by atoms with Crippen molar-refractivity contribution in [3.05, 3.63) is 16.3 Å². The van der Waals surface area contributed by atoms with E-state index in [2.05, 4.69) is 4.74 Å². The van der Waals surface area contributed by atoms with Gasteiger partial charge in [-0.3, -0.25) is 5.32 Å². The number of hydrogen-bond acceptors (Lipinski definition) is 4. The average Bonchev–Trinajstić information content (AvgIpc) is 2.50. The summed E-state index contributed by atoms with van der Waals surface area (Å²) >= 11 is 1.07. The van der Waals surface area contributed by atoms with Crippen molar-refractivity contribution in [2.75, 3.05) is 12.4 Å². The average molecular weight is 203 g/mol. The highest BCUT2D eigenvalue weighted by Crippen LogP contribution is 2.23. The molecular formula is C7H6FNO3S. The van der Waals surface area contributed by atoms with Gasteiger partial charge in [0, 0.05) is 0 Å². The topological polar surface area (TPSA) is 55.4 Å². The van der Waals surface area contributed by atoms with Crippen LogP contribution in [0.3, 0.4) is 0 Å². The lowest BCUT2D eigenvalue weighted by atomic mass is 10.4. The van der Waals surface area contributed by atoms with Crippen LogP contribution in [0.1, 0.15) is 9.67 Å². The Balaban J connectivity index is 2.89. The van der Waals surface area contributed by atoms with Gasteiger partial charge in [-0.25, -0.2) is 9.59 Å². The molecule has 0 aliphatic heterocycles. The Morgan fingerprint density at radius 2 is 2.31 bits per heavy atom. The maximum atomic E-state index is 11.9. The van der Waals surface area contributed by atoms with Crippen LogP contribution in [-0.2, 0) is 4.74 Å². The van der Waals surface area contributed by atoms with E-state index in [4.69, 9.17) is 0 Å². The minimum Gasteiger partial charge on any atom is -0.465 e. The highest BCUT2D eigenvalue weighted by molar-refractivity contribution is 7.12. The Kier molecular flexibility index (Phi) is 2.97. The largest absolute Gasteiger partial charge is 0.465 e. The highest BCUT2D eigenvalue weighted by atomic mass is 32.1. The molecule has 1 heterocycles. The third kappa shape index (κ3) is 2.25. The quantitative estimate of drug-likeness (QED) is 0.454. The van der Waals surface area contributed by atoms with Crippen molar-refractivity contribution in [1.82, 2.24) is 0 Å². The van der Waals surface area contributed by atoms with E-state index in [0.717, 1.165) is 11.3 Å². The number of hydrogen-bond donors (Lipinski definition) is 1. The first kappa shape index (κ1) is 9.66. The number of amides is 1. The molecule has 0 aliphatic carbocycles. The van der Waals surface area contributed by atoms with E-state index < -0.39 is 12.1 Å². The molecule has 13 heavy (non-hydrogen) atoms. The number of halogens is 1. The monoisotopic (exact) mass is 203 g/mol. The molecule has 1 rings (SSSR count). The van der Waals surface area contributed by atoms with Gasteiger partial charge in [0.25, 0.3) is 0 Å². The van der Waals surface area contributed by atoms with Crippen LogP contribution in [0.5, 0.6) is 0 Å². The summed E-state index contributed by atoms with van der Waals surface area (Å²) in [5.74, 6) is -0.598. The van der Waals surface area contributed by atoms with Crippen LogP contribution in [0.25, 0.3) is 0 Å². The van der Waals surface area contributed by atoms with E-state index >= 15 is 0 Å². The smallest absolute Gasteiger partial charge is 0.401 e.